The van der Waals surface area contributed by atoms with E-state index in [4.69, 9.17) is 4.74 Å². The summed E-state index contributed by atoms with van der Waals surface area (Å²) in [5.74, 6) is -0.140. The number of ether oxygens (including phenoxy) is 1. The zero-order valence-electron chi connectivity index (χ0n) is 23.5. The second-order valence-electron chi connectivity index (χ2n) is 9.68. The van der Waals surface area contributed by atoms with Gasteiger partial charge in [-0.3, -0.25) is 13.9 Å². The van der Waals surface area contributed by atoms with E-state index in [1.54, 1.807) is 31.2 Å². The molecule has 40 heavy (non-hydrogen) atoms. The highest BCUT2D eigenvalue weighted by Gasteiger charge is 2.29. The second kappa shape index (κ2) is 15.1. The minimum atomic E-state index is -3.80. The van der Waals surface area contributed by atoms with Gasteiger partial charge in [0.2, 0.25) is 21.8 Å². The fraction of sp³-hybridized carbons (Fsp3) is 0.355. The summed E-state index contributed by atoms with van der Waals surface area (Å²) in [4.78, 5) is 28.0. The first-order valence-electron chi connectivity index (χ1n) is 13.5. The summed E-state index contributed by atoms with van der Waals surface area (Å²) < 4.78 is 32.5. The van der Waals surface area contributed by atoms with Crippen LogP contribution < -0.4 is 14.4 Å². The Balaban J connectivity index is 1.76. The quantitative estimate of drug-likeness (QED) is 0.276. The van der Waals surface area contributed by atoms with E-state index in [0.717, 1.165) is 34.5 Å². The Morgan fingerprint density at radius 2 is 1.50 bits per heavy atom. The number of amides is 2. The molecule has 0 aromatic heterocycles. The monoisotopic (exact) mass is 565 g/mol. The molecule has 0 fully saturated rings. The van der Waals surface area contributed by atoms with E-state index in [1.165, 1.54) is 4.90 Å². The van der Waals surface area contributed by atoms with Gasteiger partial charge in [-0.1, -0.05) is 74.0 Å². The van der Waals surface area contributed by atoms with Crippen molar-refractivity contribution in [3.8, 4) is 5.75 Å². The number of unbranched alkanes of at least 4 members (excludes halogenated alkanes) is 1. The average Bonchev–Trinajstić information content (AvgIpc) is 2.95. The first-order chi connectivity index (χ1) is 19.2. The highest BCUT2D eigenvalue weighted by molar-refractivity contribution is 7.92. The smallest absolute Gasteiger partial charge is 0.244 e. The Bertz CT molecular complexity index is 1320. The van der Waals surface area contributed by atoms with Crippen molar-refractivity contribution in [2.75, 3.05) is 30.2 Å². The van der Waals surface area contributed by atoms with Crippen LogP contribution in [0.2, 0.25) is 0 Å². The van der Waals surface area contributed by atoms with Crippen molar-refractivity contribution >= 4 is 27.5 Å². The third-order valence-electron chi connectivity index (χ3n) is 6.53. The van der Waals surface area contributed by atoms with E-state index in [2.05, 4.69) is 5.32 Å². The maximum Gasteiger partial charge on any atom is 0.244 e. The minimum absolute atomic E-state index is 0.263. The lowest BCUT2D eigenvalue weighted by Crippen LogP contribution is -2.52. The molecule has 0 saturated carbocycles. The summed E-state index contributed by atoms with van der Waals surface area (Å²) in [6.07, 6.45) is 3.37. The Morgan fingerprint density at radius 3 is 2.08 bits per heavy atom. The summed E-state index contributed by atoms with van der Waals surface area (Å²) in [5, 5.41) is 2.88. The molecule has 8 nitrogen and oxygen atoms in total. The predicted molar refractivity (Wildman–Crippen MR) is 159 cm³/mol. The Labute approximate surface area is 238 Å². The second-order valence-corrected chi connectivity index (χ2v) is 11.6. The van der Waals surface area contributed by atoms with Crippen LogP contribution in [0, 0.1) is 0 Å². The van der Waals surface area contributed by atoms with Gasteiger partial charge in [-0.15, -0.1) is 0 Å². The predicted octanol–water partition coefficient (Wildman–Crippen LogP) is 4.41. The zero-order chi connectivity index (χ0) is 29.0. The SMILES string of the molecule is CCCCNC(=O)[C@H](C)N(CCc1ccccc1)C(=O)CN(c1ccc(OCc2ccccc2)cc1)S(C)(=O)=O. The lowest BCUT2D eigenvalue weighted by Gasteiger charge is -2.31. The number of hydrogen-bond acceptors (Lipinski definition) is 5. The van der Waals surface area contributed by atoms with Gasteiger partial charge in [-0.25, -0.2) is 8.42 Å². The molecule has 0 bridgehead atoms. The lowest BCUT2D eigenvalue weighted by molar-refractivity contribution is -0.138. The fourth-order valence-corrected chi connectivity index (χ4v) is 5.02. The molecule has 9 heteroatoms. The number of rotatable bonds is 15. The molecule has 0 aliphatic carbocycles. The van der Waals surface area contributed by atoms with Gasteiger partial charge in [0.25, 0.3) is 0 Å². The first kappa shape index (κ1) is 30.7. The molecule has 0 unspecified atom stereocenters. The molecule has 3 aromatic carbocycles. The molecule has 1 atom stereocenters. The Hall–Kier alpha value is -3.85. The van der Waals surface area contributed by atoms with Crippen molar-refractivity contribution < 1.29 is 22.7 Å². The number of nitrogens with zero attached hydrogens (tertiary/aromatic N) is 2. The van der Waals surface area contributed by atoms with E-state index < -0.39 is 28.5 Å². The molecule has 0 aliphatic heterocycles. The number of carbonyl (C=O) groups is 2. The molecule has 214 valence electrons. The van der Waals surface area contributed by atoms with Gasteiger partial charge in [-0.05, 0) is 55.2 Å². The Morgan fingerprint density at radius 1 is 0.900 bits per heavy atom. The molecular weight excluding hydrogens is 526 g/mol. The van der Waals surface area contributed by atoms with E-state index in [9.17, 15) is 18.0 Å². The number of hydrogen-bond donors (Lipinski definition) is 1. The first-order valence-corrected chi connectivity index (χ1v) is 15.4. The summed E-state index contributed by atoms with van der Waals surface area (Å²) in [6.45, 7) is 4.46. The van der Waals surface area contributed by atoms with Gasteiger partial charge >= 0.3 is 0 Å². The van der Waals surface area contributed by atoms with E-state index in [-0.39, 0.29) is 12.5 Å². The Kier molecular flexibility index (Phi) is 11.6. The van der Waals surface area contributed by atoms with Gasteiger partial charge in [0.1, 0.15) is 24.9 Å². The number of sulfonamides is 1. The normalized spacial score (nSPS) is 11.9. The van der Waals surface area contributed by atoms with Crippen molar-refractivity contribution in [1.29, 1.82) is 0 Å². The maximum absolute atomic E-state index is 13.6. The fourth-order valence-electron chi connectivity index (χ4n) is 4.17. The van der Waals surface area contributed by atoms with Gasteiger partial charge < -0.3 is 15.0 Å². The van der Waals surface area contributed by atoms with Crippen LogP contribution in [0.25, 0.3) is 0 Å². The molecule has 3 rings (SSSR count). The number of carbonyl (C=O) groups excluding carboxylic acids is 2. The molecule has 0 heterocycles. The van der Waals surface area contributed by atoms with Crippen LogP contribution in [0.3, 0.4) is 0 Å². The summed E-state index contributed by atoms with van der Waals surface area (Å²) in [7, 11) is -3.80. The third-order valence-corrected chi connectivity index (χ3v) is 7.67. The van der Waals surface area contributed by atoms with Crippen molar-refractivity contribution in [2.45, 2.75) is 45.8 Å². The van der Waals surface area contributed by atoms with Crippen LogP contribution in [-0.4, -0.2) is 57.1 Å². The molecule has 2 amide bonds. The molecule has 0 saturated heterocycles. The van der Waals surface area contributed by atoms with Crippen LogP contribution in [0.4, 0.5) is 5.69 Å². The highest BCUT2D eigenvalue weighted by Crippen LogP contribution is 2.23. The van der Waals surface area contributed by atoms with Gasteiger partial charge in [0.05, 0.1) is 11.9 Å². The summed E-state index contributed by atoms with van der Waals surface area (Å²) in [6, 6.07) is 25.2. The molecule has 0 radical (unpaired) electrons. The zero-order valence-corrected chi connectivity index (χ0v) is 24.3. The van der Waals surface area contributed by atoms with Gasteiger partial charge in [-0.2, -0.15) is 0 Å². The number of anilines is 1. The number of nitrogens with one attached hydrogen (secondary N) is 1. The topological polar surface area (TPSA) is 96.0 Å². The van der Waals surface area contributed by atoms with Crippen LogP contribution in [0.5, 0.6) is 5.75 Å². The summed E-state index contributed by atoms with van der Waals surface area (Å²) in [5.41, 5.74) is 2.37. The van der Waals surface area contributed by atoms with Crippen LogP contribution in [0.15, 0.2) is 84.9 Å². The molecular formula is C31H39N3O5S. The third kappa shape index (κ3) is 9.41. The van der Waals surface area contributed by atoms with Crippen molar-refractivity contribution in [3.63, 3.8) is 0 Å². The van der Waals surface area contributed by atoms with Crippen molar-refractivity contribution in [3.05, 3.63) is 96.1 Å². The largest absolute Gasteiger partial charge is 0.489 e. The number of benzene rings is 3. The van der Waals surface area contributed by atoms with Gasteiger partial charge in [0, 0.05) is 13.1 Å². The average molecular weight is 566 g/mol. The van der Waals surface area contributed by atoms with Gasteiger partial charge in [0.15, 0.2) is 0 Å². The van der Waals surface area contributed by atoms with E-state index >= 15 is 0 Å². The van der Waals surface area contributed by atoms with Crippen LogP contribution >= 0.6 is 0 Å². The molecule has 1 N–H and O–H groups in total. The van der Waals surface area contributed by atoms with E-state index in [0.29, 0.717) is 31.0 Å². The molecule has 0 spiro atoms. The standard InChI is InChI=1S/C31H39N3O5S/c1-4-5-21-32-31(36)25(2)33(22-20-26-12-8-6-9-13-26)30(35)23-34(40(3,37)38)28-16-18-29(19-17-28)39-24-27-14-10-7-11-15-27/h6-19,25H,4-5,20-24H2,1-3H3,(H,32,36)/t25-/m0/s1. The van der Waals surface area contributed by atoms with Crippen LogP contribution in [-0.2, 0) is 32.6 Å². The summed E-state index contributed by atoms with van der Waals surface area (Å²) >= 11 is 0. The van der Waals surface area contributed by atoms with Crippen molar-refractivity contribution in [1.82, 2.24) is 10.2 Å². The lowest BCUT2D eigenvalue weighted by atomic mass is 10.1. The maximum atomic E-state index is 13.6. The van der Waals surface area contributed by atoms with E-state index in [1.807, 2.05) is 67.6 Å². The van der Waals surface area contributed by atoms with Crippen LogP contribution in [0.1, 0.15) is 37.8 Å². The molecule has 3 aromatic rings. The minimum Gasteiger partial charge on any atom is -0.489 e. The molecule has 0 aliphatic rings. The van der Waals surface area contributed by atoms with Crippen molar-refractivity contribution in [2.24, 2.45) is 0 Å². The highest BCUT2D eigenvalue weighted by atomic mass is 32.2.